The summed E-state index contributed by atoms with van der Waals surface area (Å²) in [5, 5.41) is 26.0. The van der Waals surface area contributed by atoms with Crippen molar-refractivity contribution in [1.29, 1.82) is 0 Å². The van der Waals surface area contributed by atoms with Crippen molar-refractivity contribution in [3.63, 3.8) is 0 Å². The third-order valence-corrected chi connectivity index (χ3v) is 5.53. The summed E-state index contributed by atoms with van der Waals surface area (Å²) in [4.78, 5) is 41.6. The number of rotatable bonds is 10. The van der Waals surface area contributed by atoms with Gasteiger partial charge in [0, 0.05) is 24.6 Å². The Kier molecular flexibility index (Phi) is 10.3. The van der Waals surface area contributed by atoms with Crippen LogP contribution in [0.4, 0.5) is 4.79 Å². The molecule has 0 bridgehead atoms. The van der Waals surface area contributed by atoms with E-state index in [0.29, 0.717) is 11.1 Å². The highest BCUT2D eigenvalue weighted by atomic mass is 16.6. The predicted molar refractivity (Wildman–Crippen MR) is 146 cm³/mol. The Balaban J connectivity index is 2.58. The summed E-state index contributed by atoms with van der Waals surface area (Å²) in [5.41, 5.74) is 0.657. The summed E-state index contributed by atoms with van der Waals surface area (Å²) in [5.74, 6) is -1.11. The molecule has 0 fully saturated rings. The second-order valence-electron chi connectivity index (χ2n) is 10.4. The molecular formula is C29H39N3O6. The van der Waals surface area contributed by atoms with E-state index in [-0.39, 0.29) is 36.1 Å². The van der Waals surface area contributed by atoms with Crippen LogP contribution in [0.15, 0.2) is 55.1 Å². The van der Waals surface area contributed by atoms with Gasteiger partial charge in [0.05, 0.1) is 0 Å². The maximum Gasteiger partial charge on any atom is 0.408 e. The molecule has 2 aromatic rings. The lowest BCUT2D eigenvalue weighted by atomic mass is 9.97. The average Bonchev–Trinajstić information content (AvgIpc) is 2.80. The predicted octanol–water partition coefficient (Wildman–Crippen LogP) is 4.12. The number of benzene rings is 2. The number of ether oxygens (including phenoxy) is 1. The third-order valence-electron chi connectivity index (χ3n) is 5.53. The van der Waals surface area contributed by atoms with Crippen LogP contribution in [0.2, 0.25) is 0 Å². The summed E-state index contributed by atoms with van der Waals surface area (Å²) in [6, 6.07) is 8.67. The highest BCUT2D eigenvalue weighted by Gasteiger charge is 2.37. The van der Waals surface area contributed by atoms with Crippen LogP contribution in [0.1, 0.15) is 57.4 Å². The van der Waals surface area contributed by atoms with Gasteiger partial charge in [0.25, 0.3) is 0 Å². The number of hydrogen-bond donors (Lipinski definition) is 4. The molecule has 206 valence electrons. The van der Waals surface area contributed by atoms with Gasteiger partial charge in [-0.2, -0.15) is 0 Å². The Hall–Kier alpha value is -4.01. The minimum absolute atomic E-state index is 0.0372. The van der Waals surface area contributed by atoms with Gasteiger partial charge in [-0.25, -0.2) is 4.79 Å². The van der Waals surface area contributed by atoms with Crippen LogP contribution in [0, 0.1) is 6.92 Å². The van der Waals surface area contributed by atoms with Crippen LogP contribution in [-0.4, -0.2) is 57.3 Å². The Morgan fingerprint density at radius 3 is 2.24 bits per heavy atom. The fourth-order valence-electron chi connectivity index (χ4n) is 3.90. The van der Waals surface area contributed by atoms with Gasteiger partial charge >= 0.3 is 6.09 Å². The molecular weight excluding hydrogens is 486 g/mol. The van der Waals surface area contributed by atoms with Gasteiger partial charge in [0.1, 0.15) is 29.2 Å². The maximum atomic E-state index is 14.1. The number of amides is 3. The average molecular weight is 526 g/mol. The highest BCUT2D eigenvalue weighted by Crippen LogP contribution is 2.32. The molecule has 0 aromatic heterocycles. The zero-order chi connectivity index (χ0) is 28.6. The van der Waals surface area contributed by atoms with E-state index in [9.17, 15) is 24.6 Å². The Morgan fingerprint density at radius 2 is 1.68 bits per heavy atom. The molecule has 0 radical (unpaired) electrons. The molecule has 4 N–H and O–H groups in total. The Bertz CT molecular complexity index is 1140. The number of alkyl carbamates (subject to hydrolysis) is 1. The van der Waals surface area contributed by atoms with E-state index >= 15 is 0 Å². The lowest BCUT2D eigenvalue weighted by Gasteiger charge is -2.34. The normalized spacial score (nSPS) is 12.8. The smallest absolute Gasteiger partial charge is 0.408 e. The van der Waals surface area contributed by atoms with Gasteiger partial charge in [0.2, 0.25) is 11.8 Å². The first-order valence-electron chi connectivity index (χ1n) is 12.5. The van der Waals surface area contributed by atoms with Crippen molar-refractivity contribution in [3.8, 4) is 11.5 Å². The first-order chi connectivity index (χ1) is 17.7. The van der Waals surface area contributed by atoms with E-state index in [2.05, 4.69) is 17.2 Å². The molecule has 2 unspecified atom stereocenters. The molecule has 0 heterocycles. The van der Waals surface area contributed by atoms with Crippen LogP contribution >= 0.6 is 0 Å². The van der Waals surface area contributed by atoms with Crippen LogP contribution < -0.4 is 10.6 Å². The second kappa shape index (κ2) is 13.0. The summed E-state index contributed by atoms with van der Waals surface area (Å²) in [7, 11) is 0. The zero-order valence-corrected chi connectivity index (χ0v) is 22.9. The summed E-state index contributed by atoms with van der Waals surface area (Å²) < 4.78 is 5.39. The van der Waals surface area contributed by atoms with Crippen molar-refractivity contribution in [3.05, 3.63) is 71.8 Å². The monoisotopic (exact) mass is 525 g/mol. The SMILES string of the molecule is C=CCN(C(=O)C(Cc1ccc(O)cc1)NC(=O)OC(C)(C)C)C(C(=O)NC(C)C)c1cccc(C)c1O. The van der Waals surface area contributed by atoms with E-state index in [1.165, 1.54) is 23.1 Å². The van der Waals surface area contributed by atoms with E-state index in [4.69, 9.17) is 4.74 Å². The van der Waals surface area contributed by atoms with E-state index in [1.807, 2.05) is 0 Å². The topological polar surface area (TPSA) is 128 Å². The molecule has 0 aliphatic carbocycles. The number of hydrogen-bond acceptors (Lipinski definition) is 6. The van der Waals surface area contributed by atoms with Crippen molar-refractivity contribution < 1.29 is 29.3 Å². The molecule has 0 spiro atoms. The number of nitrogens with one attached hydrogen (secondary N) is 2. The molecule has 0 saturated heterocycles. The molecule has 0 saturated carbocycles. The number of phenols is 2. The van der Waals surface area contributed by atoms with Crippen molar-refractivity contribution in [2.75, 3.05) is 6.54 Å². The number of nitrogens with zero attached hydrogens (tertiary/aromatic N) is 1. The number of carbonyl (C=O) groups is 3. The molecule has 38 heavy (non-hydrogen) atoms. The number of phenolic OH excluding ortho intramolecular Hbond substituents is 2. The second-order valence-corrected chi connectivity index (χ2v) is 10.4. The molecule has 0 aliphatic rings. The van der Waals surface area contributed by atoms with Gasteiger partial charge in [-0.05, 0) is 64.8 Å². The van der Waals surface area contributed by atoms with Crippen LogP contribution in [-0.2, 0) is 20.7 Å². The molecule has 3 amide bonds. The molecule has 2 rings (SSSR count). The van der Waals surface area contributed by atoms with Gasteiger partial charge < -0.3 is 30.5 Å². The molecule has 0 aliphatic heterocycles. The highest BCUT2D eigenvalue weighted by molar-refractivity contribution is 5.93. The van der Waals surface area contributed by atoms with Crippen molar-refractivity contribution in [1.82, 2.24) is 15.5 Å². The first-order valence-corrected chi connectivity index (χ1v) is 12.5. The lowest BCUT2D eigenvalue weighted by Crippen LogP contribution is -2.54. The lowest BCUT2D eigenvalue weighted by molar-refractivity contribution is -0.142. The van der Waals surface area contributed by atoms with Crippen LogP contribution in [0.25, 0.3) is 0 Å². The van der Waals surface area contributed by atoms with Crippen molar-refractivity contribution in [2.45, 2.75) is 71.7 Å². The van der Waals surface area contributed by atoms with Gasteiger partial charge in [-0.15, -0.1) is 6.58 Å². The third kappa shape index (κ3) is 8.54. The summed E-state index contributed by atoms with van der Waals surface area (Å²) in [6.45, 7) is 14.1. The number of carbonyl (C=O) groups excluding carboxylic acids is 3. The molecule has 2 atom stereocenters. The maximum absolute atomic E-state index is 14.1. The Labute approximate surface area is 224 Å². The largest absolute Gasteiger partial charge is 0.508 e. The van der Waals surface area contributed by atoms with Crippen molar-refractivity contribution in [2.24, 2.45) is 0 Å². The fourth-order valence-corrected chi connectivity index (χ4v) is 3.90. The van der Waals surface area contributed by atoms with E-state index < -0.39 is 35.6 Å². The minimum Gasteiger partial charge on any atom is -0.508 e. The zero-order valence-electron chi connectivity index (χ0n) is 22.9. The molecule has 9 heteroatoms. The first kappa shape index (κ1) is 30.2. The minimum atomic E-state index is -1.20. The quantitative estimate of drug-likeness (QED) is 0.346. The van der Waals surface area contributed by atoms with E-state index in [0.717, 1.165) is 0 Å². The van der Waals surface area contributed by atoms with Crippen LogP contribution in [0.5, 0.6) is 11.5 Å². The van der Waals surface area contributed by atoms with E-state index in [1.54, 1.807) is 71.9 Å². The molecule has 2 aromatic carbocycles. The Morgan fingerprint density at radius 1 is 1.05 bits per heavy atom. The van der Waals surface area contributed by atoms with Gasteiger partial charge in [0.15, 0.2) is 0 Å². The molecule has 9 nitrogen and oxygen atoms in total. The number of para-hydroxylation sites is 1. The fraction of sp³-hybridized carbons (Fsp3) is 0.414. The van der Waals surface area contributed by atoms with Crippen molar-refractivity contribution >= 4 is 17.9 Å². The number of aromatic hydroxyl groups is 2. The van der Waals surface area contributed by atoms with Gasteiger partial charge in [-0.1, -0.05) is 36.4 Å². The van der Waals surface area contributed by atoms with Crippen LogP contribution in [0.3, 0.4) is 0 Å². The summed E-state index contributed by atoms with van der Waals surface area (Å²) in [6.07, 6.45) is 0.741. The standard InChI is InChI=1S/C29H39N3O6/c1-8-16-32(24(26(35)30-18(2)3)22-11-9-10-19(4)25(22)34)27(36)23(31-28(37)38-29(5,6)7)17-20-12-14-21(33)15-13-20/h8-15,18,23-24,33-34H,1,16-17H2,2-7H3,(H,30,35)(H,31,37). The number of aryl methyl sites for hydroxylation is 1. The summed E-state index contributed by atoms with van der Waals surface area (Å²) >= 11 is 0. The van der Waals surface area contributed by atoms with Gasteiger partial charge in [-0.3, -0.25) is 9.59 Å².